The van der Waals surface area contributed by atoms with Crippen LogP contribution in [0.2, 0.25) is 5.02 Å². The Labute approximate surface area is 253 Å². The second-order valence-electron chi connectivity index (χ2n) is 10.1. The Morgan fingerprint density at radius 3 is 1.93 bits per heavy atom. The molecule has 0 aliphatic carbocycles. The van der Waals surface area contributed by atoms with Gasteiger partial charge in [-0.2, -0.15) is 0 Å². The second-order valence-corrected chi connectivity index (χ2v) is 10.5. The molecular weight excluding hydrogens is 584 g/mol. The number of likely N-dealkylation sites (tertiary alicyclic amines) is 1. The zero-order valence-corrected chi connectivity index (χ0v) is 24.6. The molecule has 1 amide bonds. The first-order chi connectivity index (χ1) is 20.6. The van der Waals surface area contributed by atoms with Crippen molar-refractivity contribution in [2.24, 2.45) is 0 Å². The van der Waals surface area contributed by atoms with Crippen molar-refractivity contribution in [2.45, 2.75) is 20.3 Å². The third-order valence-corrected chi connectivity index (χ3v) is 7.29. The molecule has 43 heavy (non-hydrogen) atoms. The Morgan fingerprint density at radius 1 is 0.860 bits per heavy atom. The van der Waals surface area contributed by atoms with Crippen LogP contribution in [-0.2, 0) is 4.79 Å². The number of rotatable bonds is 10. The number of piperidine rings is 1. The van der Waals surface area contributed by atoms with Crippen LogP contribution in [0.3, 0.4) is 0 Å². The molecule has 3 aromatic carbocycles. The van der Waals surface area contributed by atoms with Crippen molar-refractivity contribution in [3.63, 3.8) is 0 Å². The van der Waals surface area contributed by atoms with E-state index in [4.69, 9.17) is 16.3 Å². The van der Waals surface area contributed by atoms with Crippen molar-refractivity contribution in [1.82, 2.24) is 9.80 Å². The Bertz CT molecular complexity index is 1500. The van der Waals surface area contributed by atoms with Crippen molar-refractivity contribution in [2.75, 3.05) is 39.3 Å². The number of carbonyl (C=O) groups excluding carboxylic acids is 2. The average Bonchev–Trinajstić information content (AvgIpc) is 2.98. The van der Waals surface area contributed by atoms with E-state index in [-0.39, 0.29) is 45.9 Å². The predicted octanol–water partition coefficient (Wildman–Crippen LogP) is 7.20. The third kappa shape index (κ3) is 8.12. The lowest BCUT2D eigenvalue weighted by atomic mass is 9.93. The summed E-state index contributed by atoms with van der Waals surface area (Å²) in [5.41, 5.74) is 0.922. The van der Waals surface area contributed by atoms with Crippen molar-refractivity contribution >= 4 is 35.4 Å². The summed E-state index contributed by atoms with van der Waals surface area (Å²) in [6.07, 6.45) is 3.76. The number of ether oxygens (including phenoxy) is 1. The predicted molar refractivity (Wildman–Crippen MR) is 159 cm³/mol. The molecule has 1 saturated heterocycles. The molecule has 0 saturated carbocycles. The number of halogens is 5. The molecule has 0 aromatic heterocycles. The normalized spacial score (nSPS) is 15.5. The smallest absolute Gasteiger partial charge is 0.254 e. The molecule has 10 heteroatoms. The summed E-state index contributed by atoms with van der Waals surface area (Å²) in [4.78, 5) is 30.6. The van der Waals surface area contributed by atoms with E-state index in [1.165, 1.54) is 35.3 Å². The first-order valence-corrected chi connectivity index (χ1v) is 14.3. The third-order valence-electron chi connectivity index (χ3n) is 6.99. The van der Waals surface area contributed by atoms with Gasteiger partial charge in [-0.1, -0.05) is 37.6 Å². The quantitative estimate of drug-likeness (QED) is 0.179. The number of hydrogen-bond acceptors (Lipinski definition) is 4. The van der Waals surface area contributed by atoms with Gasteiger partial charge in [-0.3, -0.25) is 9.59 Å². The summed E-state index contributed by atoms with van der Waals surface area (Å²) in [7, 11) is 0. The number of ketones is 1. The van der Waals surface area contributed by atoms with Crippen molar-refractivity contribution < 1.29 is 31.9 Å². The van der Waals surface area contributed by atoms with Gasteiger partial charge in [0, 0.05) is 23.3 Å². The molecule has 1 fully saturated rings. The molecule has 0 unspecified atom stereocenters. The molecule has 0 N–H and O–H groups in total. The van der Waals surface area contributed by atoms with Gasteiger partial charge in [-0.05, 0) is 85.3 Å². The summed E-state index contributed by atoms with van der Waals surface area (Å²) in [5.74, 6) is -4.75. The van der Waals surface area contributed by atoms with Gasteiger partial charge >= 0.3 is 0 Å². The SMILES string of the molecule is CCCN(CC)CCOc1ccc(C(=O)N2C/C(=C\c3ccc(F)c(F)c3)C(=O)/C(=C/c3ccc(F)c(F)c3)C2)cc1Cl. The minimum atomic E-state index is -1.09. The molecule has 1 heterocycles. The van der Waals surface area contributed by atoms with Crippen LogP contribution in [0.4, 0.5) is 17.6 Å². The lowest BCUT2D eigenvalue weighted by Gasteiger charge is -2.30. The maximum atomic E-state index is 13.9. The molecular formula is C33H31ClF4N2O3. The van der Waals surface area contributed by atoms with Crippen LogP contribution in [0.15, 0.2) is 65.7 Å². The zero-order valence-electron chi connectivity index (χ0n) is 23.8. The number of carbonyl (C=O) groups is 2. The number of likely N-dealkylation sites (N-methyl/N-ethyl adjacent to an activating group) is 1. The van der Waals surface area contributed by atoms with E-state index in [1.807, 2.05) is 0 Å². The fourth-order valence-corrected chi connectivity index (χ4v) is 4.99. The maximum Gasteiger partial charge on any atom is 0.254 e. The molecule has 0 atom stereocenters. The fourth-order valence-electron chi connectivity index (χ4n) is 4.75. The maximum absolute atomic E-state index is 13.9. The molecule has 0 radical (unpaired) electrons. The number of amides is 1. The summed E-state index contributed by atoms with van der Waals surface area (Å²) >= 11 is 6.45. The van der Waals surface area contributed by atoms with E-state index in [2.05, 4.69) is 18.7 Å². The topological polar surface area (TPSA) is 49.9 Å². The first-order valence-electron chi connectivity index (χ1n) is 13.9. The first kappa shape index (κ1) is 32.0. The van der Waals surface area contributed by atoms with Gasteiger partial charge in [-0.25, -0.2) is 17.6 Å². The van der Waals surface area contributed by atoms with Crippen LogP contribution in [0.5, 0.6) is 5.75 Å². The Kier molecular flexibility index (Phi) is 10.8. The van der Waals surface area contributed by atoms with E-state index in [9.17, 15) is 27.2 Å². The van der Waals surface area contributed by atoms with Crippen molar-refractivity contribution in [3.8, 4) is 5.75 Å². The monoisotopic (exact) mass is 614 g/mol. The molecule has 4 rings (SSSR count). The second kappa shape index (κ2) is 14.5. The Morgan fingerprint density at radius 2 is 1.44 bits per heavy atom. The highest BCUT2D eigenvalue weighted by Gasteiger charge is 2.30. The molecule has 226 valence electrons. The van der Waals surface area contributed by atoms with E-state index in [1.54, 1.807) is 12.1 Å². The van der Waals surface area contributed by atoms with Crippen LogP contribution >= 0.6 is 11.6 Å². The van der Waals surface area contributed by atoms with E-state index in [0.29, 0.717) is 12.4 Å². The van der Waals surface area contributed by atoms with Gasteiger partial charge in [0.25, 0.3) is 5.91 Å². The lowest BCUT2D eigenvalue weighted by Crippen LogP contribution is -2.41. The average molecular weight is 615 g/mol. The van der Waals surface area contributed by atoms with E-state index < -0.39 is 35.0 Å². The summed E-state index contributed by atoms with van der Waals surface area (Å²) in [6, 6.07) is 11.0. The minimum Gasteiger partial charge on any atom is -0.491 e. The number of hydrogen-bond donors (Lipinski definition) is 0. The minimum absolute atomic E-state index is 0.123. The standard InChI is InChI=1S/C33H31ClF4N2O3/c1-3-11-39(4-2)12-13-43-31-10-7-23(18-26(31)34)33(42)40-19-24(14-21-5-8-27(35)29(37)16-21)32(41)25(20-40)15-22-6-9-28(36)30(38)17-22/h5-10,14-18H,3-4,11-13,19-20H2,1-2H3/b24-14+,25-15+. The van der Waals surface area contributed by atoms with Gasteiger partial charge in [0.15, 0.2) is 29.1 Å². The van der Waals surface area contributed by atoms with Gasteiger partial charge in [-0.15, -0.1) is 0 Å². The molecule has 1 aliphatic rings. The molecule has 0 bridgehead atoms. The van der Waals surface area contributed by atoms with Crippen molar-refractivity contribution in [1.29, 1.82) is 0 Å². The van der Waals surface area contributed by atoms with Gasteiger partial charge in [0.05, 0.1) is 18.1 Å². The number of Topliss-reactive ketones (excluding diaryl/α,β-unsaturated/α-hetero) is 1. The molecule has 0 spiro atoms. The fraction of sp³-hybridized carbons (Fsp3) is 0.273. The lowest BCUT2D eigenvalue weighted by molar-refractivity contribution is -0.113. The van der Waals surface area contributed by atoms with E-state index >= 15 is 0 Å². The molecule has 1 aliphatic heterocycles. The van der Waals surface area contributed by atoms with Crippen LogP contribution in [0.1, 0.15) is 41.8 Å². The highest BCUT2D eigenvalue weighted by molar-refractivity contribution is 6.32. The Hall–Kier alpha value is -3.95. The Balaban J connectivity index is 1.61. The highest BCUT2D eigenvalue weighted by Crippen LogP contribution is 2.29. The van der Waals surface area contributed by atoms with Crippen LogP contribution in [0.25, 0.3) is 12.2 Å². The molecule has 5 nitrogen and oxygen atoms in total. The summed E-state index contributed by atoms with van der Waals surface area (Å²) in [6.45, 7) is 6.92. The van der Waals surface area contributed by atoms with E-state index in [0.717, 1.165) is 50.3 Å². The van der Waals surface area contributed by atoms with Crippen LogP contribution in [0, 0.1) is 23.3 Å². The number of benzene rings is 3. The summed E-state index contributed by atoms with van der Waals surface area (Å²) < 4.78 is 60.6. The van der Waals surface area contributed by atoms with Gasteiger partial charge in [0.2, 0.25) is 0 Å². The summed E-state index contributed by atoms with van der Waals surface area (Å²) in [5, 5.41) is 0.243. The van der Waals surface area contributed by atoms with Crippen molar-refractivity contribution in [3.05, 3.63) is 111 Å². The highest BCUT2D eigenvalue weighted by atomic mass is 35.5. The van der Waals surface area contributed by atoms with Crippen LogP contribution in [-0.4, -0.2) is 60.8 Å². The van der Waals surface area contributed by atoms with Crippen LogP contribution < -0.4 is 4.74 Å². The molecule has 3 aromatic rings. The largest absolute Gasteiger partial charge is 0.491 e. The van der Waals surface area contributed by atoms with Gasteiger partial charge < -0.3 is 14.5 Å². The van der Waals surface area contributed by atoms with Gasteiger partial charge in [0.1, 0.15) is 12.4 Å². The number of nitrogens with zero attached hydrogens (tertiary/aromatic N) is 2. The zero-order chi connectivity index (χ0) is 31.1.